The van der Waals surface area contributed by atoms with Crippen molar-refractivity contribution in [3.63, 3.8) is 0 Å². The fraction of sp³-hybridized carbons (Fsp3) is 0.909. The van der Waals surface area contributed by atoms with Crippen LogP contribution in [0.4, 0.5) is 0 Å². The van der Waals surface area contributed by atoms with E-state index in [4.69, 9.17) is 5.11 Å². The Hall–Kier alpha value is -0.610. The average molecular weight is 217 g/mol. The summed E-state index contributed by atoms with van der Waals surface area (Å²) in [6, 6.07) is 0.107. The molecule has 0 aromatic carbocycles. The number of aliphatic carboxylic acids is 1. The fourth-order valence-electron chi connectivity index (χ4n) is 1.58. The molecule has 0 aliphatic rings. The van der Waals surface area contributed by atoms with Crippen molar-refractivity contribution in [2.24, 2.45) is 0 Å². The molecule has 4 nitrogen and oxygen atoms in total. The second-order valence-corrected chi connectivity index (χ2v) is 3.78. The van der Waals surface area contributed by atoms with Gasteiger partial charge in [0.25, 0.3) is 0 Å². The van der Waals surface area contributed by atoms with Crippen molar-refractivity contribution in [1.82, 2.24) is 4.90 Å². The van der Waals surface area contributed by atoms with Crippen LogP contribution in [-0.4, -0.2) is 46.8 Å². The van der Waals surface area contributed by atoms with E-state index in [1.165, 1.54) is 0 Å². The van der Waals surface area contributed by atoms with E-state index in [2.05, 4.69) is 11.8 Å². The maximum atomic E-state index is 10.5. The van der Waals surface area contributed by atoms with Gasteiger partial charge in [0.15, 0.2) is 0 Å². The van der Waals surface area contributed by atoms with E-state index >= 15 is 0 Å². The Kier molecular flexibility index (Phi) is 8.33. The van der Waals surface area contributed by atoms with Gasteiger partial charge in [0.2, 0.25) is 0 Å². The smallest absolute Gasteiger partial charge is 0.304 e. The minimum Gasteiger partial charge on any atom is -0.481 e. The number of carbonyl (C=O) groups is 1. The molecular weight excluding hydrogens is 194 g/mol. The van der Waals surface area contributed by atoms with Gasteiger partial charge in [-0.25, -0.2) is 0 Å². The van der Waals surface area contributed by atoms with Crippen LogP contribution in [0.3, 0.4) is 0 Å². The Morgan fingerprint density at radius 3 is 2.40 bits per heavy atom. The van der Waals surface area contributed by atoms with Gasteiger partial charge < -0.3 is 10.2 Å². The van der Waals surface area contributed by atoms with Crippen LogP contribution in [0.2, 0.25) is 0 Å². The lowest BCUT2D eigenvalue weighted by atomic mass is 10.1. The molecular formula is C11H23NO3. The van der Waals surface area contributed by atoms with E-state index < -0.39 is 5.97 Å². The van der Waals surface area contributed by atoms with Gasteiger partial charge in [-0.1, -0.05) is 20.3 Å². The molecule has 1 atom stereocenters. The first-order chi connectivity index (χ1) is 7.15. The van der Waals surface area contributed by atoms with Crippen molar-refractivity contribution in [2.75, 3.05) is 19.7 Å². The lowest BCUT2D eigenvalue weighted by Crippen LogP contribution is -2.39. The Balaban J connectivity index is 4.08. The number of rotatable bonds is 9. The van der Waals surface area contributed by atoms with Gasteiger partial charge in [-0.3, -0.25) is 9.69 Å². The average Bonchev–Trinajstić information content (AvgIpc) is 2.22. The third-order valence-electron chi connectivity index (χ3n) is 2.61. The molecule has 90 valence electrons. The van der Waals surface area contributed by atoms with E-state index in [0.29, 0.717) is 6.54 Å². The van der Waals surface area contributed by atoms with Crippen LogP contribution in [0.5, 0.6) is 0 Å². The second kappa shape index (κ2) is 8.68. The molecule has 1 unspecified atom stereocenters. The molecule has 0 radical (unpaired) electrons. The number of carboxylic acids is 1. The molecule has 0 bridgehead atoms. The lowest BCUT2D eigenvalue weighted by Gasteiger charge is -2.29. The van der Waals surface area contributed by atoms with Crippen molar-refractivity contribution in [3.8, 4) is 0 Å². The standard InChI is InChI=1S/C11H23NO3/c1-3-5-7-12(8-6-11(14)15)10(4-2)9-13/h10,13H,3-9H2,1-2H3,(H,14,15). The van der Waals surface area contributed by atoms with Gasteiger partial charge >= 0.3 is 5.97 Å². The summed E-state index contributed by atoms with van der Waals surface area (Å²) in [6.07, 6.45) is 3.15. The molecule has 0 saturated heterocycles. The molecule has 4 heteroatoms. The van der Waals surface area contributed by atoms with Crippen LogP contribution in [0, 0.1) is 0 Å². The summed E-state index contributed by atoms with van der Waals surface area (Å²) in [5.74, 6) is -0.774. The zero-order valence-corrected chi connectivity index (χ0v) is 9.78. The molecule has 0 saturated carbocycles. The van der Waals surface area contributed by atoms with Crippen LogP contribution in [0.15, 0.2) is 0 Å². The maximum absolute atomic E-state index is 10.5. The van der Waals surface area contributed by atoms with E-state index in [0.717, 1.165) is 25.8 Å². The SMILES string of the molecule is CCCCN(CCC(=O)O)C(CC)CO. The first kappa shape index (κ1) is 14.4. The maximum Gasteiger partial charge on any atom is 0.304 e. The van der Waals surface area contributed by atoms with Gasteiger partial charge in [-0.2, -0.15) is 0 Å². The van der Waals surface area contributed by atoms with Crippen LogP contribution in [0.25, 0.3) is 0 Å². The monoisotopic (exact) mass is 217 g/mol. The van der Waals surface area contributed by atoms with E-state index in [1.807, 2.05) is 6.92 Å². The van der Waals surface area contributed by atoms with Gasteiger partial charge in [-0.05, 0) is 19.4 Å². The molecule has 0 rings (SSSR count). The van der Waals surface area contributed by atoms with Crippen molar-refractivity contribution in [3.05, 3.63) is 0 Å². The van der Waals surface area contributed by atoms with Crippen LogP contribution < -0.4 is 0 Å². The summed E-state index contributed by atoms with van der Waals surface area (Å²) in [5, 5.41) is 17.8. The highest BCUT2D eigenvalue weighted by Crippen LogP contribution is 2.06. The topological polar surface area (TPSA) is 60.8 Å². The first-order valence-corrected chi connectivity index (χ1v) is 5.72. The van der Waals surface area contributed by atoms with Crippen LogP contribution in [-0.2, 0) is 4.79 Å². The van der Waals surface area contributed by atoms with Crippen LogP contribution >= 0.6 is 0 Å². The number of aliphatic hydroxyl groups excluding tert-OH is 1. The molecule has 15 heavy (non-hydrogen) atoms. The van der Waals surface area contributed by atoms with Gasteiger partial charge in [0.1, 0.15) is 0 Å². The summed E-state index contributed by atoms with van der Waals surface area (Å²) < 4.78 is 0. The molecule has 0 aliphatic carbocycles. The van der Waals surface area contributed by atoms with Crippen molar-refractivity contribution in [2.45, 2.75) is 45.6 Å². The minimum absolute atomic E-state index is 0.107. The van der Waals surface area contributed by atoms with Gasteiger partial charge in [-0.15, -0.1) is 0 Å². The summed E-state index contributed by atoms with van der Waals surface area (Å²) in [7, 11) is 0. The second-order valence-electron chi connectivity index (χ2n) is 3.78. The summed E-state index contributed by atoms with van der Waals surface area (Å²) in [4.78, 5) is 12.6. The molecule has 0 fully saturated rings. The Morgan fingerprint density at radius 2 is 2.00 bits per heavy atom. The zero-order chi connectivity index (χ0) is 11.7. The predicted molar refractivity (Wildman–Crippen MR) is 59.9 cm³/mol. The summed E-state index contributed by atoms with van der Waals surface area (Å²) in [5.41, 5.74) is 0. The van der Waals surface area contributed by atoms with Crippen molar-refractivity contribution < 1.29 is 15.0 Å². The predicted octanol–water partition coefficient (Wildman–Crippen LogP) is 1.33. The normalized spacial score (nSPS) is 13.1. The third-order valence-corrected chi connectivity index (χ3v) is 2.61. The molecule has 0 aromatic heterocycles. The zero-order valence-electron chi connectivity index (χ0n) is 9.78. The number of hydrogen-bond acceptors (Lipinski definition) is 3. The van der Waals surface area contributed by atoms with E-state index in [1.54, 1.807) is 0 Å². The van der Waals surface area contributed by atoms with Crippen molar-refractivity contribution >= 4 is 5.97 Å². The van der Waals surface area contributed by atoms with E-state index in [9.17, 15) is 9.90 Å². The highest BCUT2D eigenvalue weighted by Gasteiger charge is 2.15. The van der Waals surface area contributed by atoms with E-state index in [-0.39, 0.29) is 19.1 Å². The molecule has 0 heterocycles. The quantitative estimate of drug-likeness (QED) is 0.611. The van der Waals surface area contributed by atoms with Gasteiger partial charge in [0, 0.05) is 12.6 Å². The molecule has 0 spiro atoms. The van der Waals surface area contributed by atoms with Crippen molar-refractivity contribution in [1.29, 1.82) is 0 Å². The Morgan fingerprint density at radius 1 is 1.33 bits per heavy atom. The lowest BCUT2D eigenvalue weighted by molar-refractivity contribution is -0.137. The molecule has 0 amide bonds. The third kappa shape index (κ3) is 6.47. The fourth-order valence-corrected chi connectivity index (χ4v) is 1.58. The minimum atomic E-state index is -0.774. The number of unbranched alkanes of at least 4 members (excludes halogenated alkanes) is 1. The highest BCUT2D eigenvalue weighted by molar-refractivity contribution is 5.66. The number of carboxylic acid groups (broad SMARTS) is 1. The number of aliphatic hydroxyl groups is 1. The molecule has 2 N–H and O–H groups in total. The Bertz CT molecular complexity index is 169. The summed E-state index contributed by atoms with van der Waals surface area (Å²) >= 11 is 0. The number of nitrogens with zero attached hydrogens (tertiary/aromatic N) is 1. The van der Waals surface area contributed by atoms with Crippen LogP contribution in [0.1, 0.15) is 39.5 Å². The van der Waals surface area contributed by atoms with Gasteiger partial charge in [0.05, 0.1) is 13.0 Å². The highest BCUT2D eigenvalue weighted by atomic mass is 16.4. The Labute approximate surface area is 91.9 Å². The number of hydrogen-bond donors (Lipinski definition) is 2. The summed E-state index contributed by atoms with van der Waals surface area (Å²) in [6.45, 7) is 5.65. The molecule has 0 aliphatic heterocycles. The first-order valence-electron chi connectivity index (χ1n) is 5.72. The largest absolute Gasteiger partial charge is 0.481 e. The molecule has 0 aromatic rings.